The van der Waals surface area contributed by atoms with Crippen LogP contribution in [0, 0.1) is 0 Å². The maximum Gasteiger partial charge on any atom is 0.138 e. The van der Waals surface area contributed by atoms with E-state index in [0.29, 0.717) is 24.7 Å². The maximum absolute atomic E-state index is 10.2. The van der Waals surface area contributed by atoms with Crippen LogP contribution in [0.1, 0.15) is 5.56 Å². The van der Waals surface area contributed by atoms with Gasteiger partial charge in [0.25, 0.3) is 0 Å². The molecule has 1 saturated heterocycles. The Morgan fingerprint density at radius 3 is 2.81 bits per heavy atom. The van der Waals surface area contributed by atoms with Crippen LogP contribution in [-0.2, 0) is 11.3 Å². The zero-order valence-electron chi connectivity index (χ0n) is 12.3. The third-order valence-electron chi connectivity index (χ3n) is 3.61. The van der Waals surface area contributed by atoms with Crippen molar-refractivity contribution < 1.29 is 14.9 Å². The predicted octanol–water partition coefficient (Wildman–Crippen LogP) is 1.17. The van der Waals surface area contributed by atoms with Crippen molar-refractivity contribution in [3.05, 3.63) is 28.8 Å². The highest BCUT2D eigenvalue weighted by Crippen LogP contribution is 2.27. The number of benzene rings is 1. The van der Waals surface area contributed by atoms with Crippen molar-refractivity contribution in [3.63, 3.8) is 0 Å². The van der Waals surface area contributed by atoms with Crippen LogP contribution in [0.4, 0.5) is 0 Å². The summed E-state index contributed by atoms with van der Waals surface area (Å²) >= 11 is 5.90. The van der Waals surface area contributed by atoms with Crippen molar-refractivity contribution in [1.29, 1.82) is 0 Å². The lowest BCUT2D eigenvalue weighted by Crippen LogP contribution is -2.43. The zero-order valence-corrected chi connectivity index (χ0v) is 13.1. The number of rotatable bonds is 6. The average molecular weight is 315 g/mol. The molecule has 1 aromatic rings. The van der Waals surface area contributed by atoms with Crippen LogP contribution in [0.15, 0.2) is 18.2 Å². The summed E-state index contributed by atoms with van der Waals surface area (Å²) in [5.74, 6) is 0.119. The number of nitrogens with zero attached hydrogens (tertiary/aromatic N) is 2. The summed E-state index contributed by atoms with van der Waals surface area (Å²) in [6, 6.07) is 5.31. The largest absolute Gasteiger partial charge is 0.506 e. The van der Waals surface area contributed by atoms with E-state index in [2.05, 4.69) is 4.90 Å². The first-order valence-electron chi connectivity index (χ1n) is 7.19. The third-order valence-corrected chi connectivity index (χ3v) is 3.91. The van der Waals surface area contributed by atoms with Crippen LogP contribution < -0.4 is 0 Å². The number of aliphatic hydroxyl groups is 1. The first-order valence-corrected chi connectivity index (χ1v) is 7.57. The normalized spacial score (nSPS) is 18.1. The van der Waals surface area contributed by atoms with E-state index in [1.165, 1.54) is 0 Å². The highest BCUT2D eigenvalue weighted by Gasteiger charge is 2.17. The van der Waals surface area contributed by atoms with E-state index in [1.54, 1.807) is 6.07 Å². The molecule has 0 bridgehead atoms. The summed E-state index contributed by atoms with van der Waals surface area (Å²) in [5, 5.41) is 20.4. The first kappa shape index (κ1) is 16.5. The molecule has 0 saturated carbocycles. The van der Waals surface area contributed by atoms with Gasteiger partial charge >= 0.3 is 0 Å². The van der Waals surface area contributed by atoms with E-state index in [1.807, 2.05) is 24.1 Å². The number of β-amino-alcohol motifs (C(OH)–C–C–N with tert-alkyl or cyclic N) is 1. The van der Waals surface area contributed by atoms with Crippen molar-refractivity contribution in [2.75, 3.05) is 46.4 Å². The highest BCUT2D eigenvalue weighted by molar-refractivity contribution is 6.32. The lowest BCUT2D eigenvalue weighted by Gasteiger charge is -2.30. The molecule has 5 nitrogen and oxygen atoms in total. The molecule has 1 aromatic carbocycles. The Hall–Kier alpha value is -0.850. The first-order chi connectivity index (χ1) is 10.1. The quantitative estimate of drug-likeness (QED) is 0.825. The molecular formula is C15H23ClN2O3. The lowest BCUT2D eigenvalue weighted by molar-refractivity contribution is 0.00821. The zero-order chi connectivity index (χ0) is 15.2. The van der Waals surface area contributed by atoms with Crippen LogP contribution in [0.2, 0.25) is 5.02 Å². The van der Waals surface area contributed by atoms with Gasteiger partial charge in [-0.1, -0.05) is 23.7 Å². The number of phenols is 1. The summed E-state index contributed by atoms with van der Waals surface area (Å²) in [7, 11) is 1.92. The molecule has 1 atom stereocenters. The molecule has 1 aliphatic rings. The van der Waals surface area contributed by atoms with Crippen molar-refractivity contribution in [2.24, 2.45) is 0 Å². The molecule has 1 fully saturated rings. The Kier molecular flexibility index (Phi) is 6.26. The summed E-state index contributed by atoms with van der Waals surface area (Å²) in [5.41, 5.74) is 0.767. The van der Waals surface area contributed by atoms with Crippen LogP contribution in [0.3, 0.4) is 0 Å². The van der Waals surface area contributed by atoms with Gasteiger partial charge in [0.15, 0.2) is 0 Å². The van der Waals surface area contributed by atoms with E-state index in [4.69, 9.17) is 16.3 Å². The number of aliphatic hydroxyl groups excluding tert-OH is 1. The molecule has 21 heavy (non-hydrogen) atoms. The number of hydrogen-bond acceptors (Lipinski definition) is 5. The minimum Gasteiger partial charge on any atom is -0.506 e. The van der Waals surface area contributed by atoms with E-state index < -0.39 is 6.10 Å². The highest BCUT2D eigenvalue weighted by atomic mass is 35.5. The summed E-state index contributed by atoms with van der Waals surface area (Å²) in [4.78, 5) is 4.19. The summed E-state index contributed by atoms with van der Waals surface area (Å²) in [6.07, 6.45) is -0.422. The number of halogens is 1. The molecule has 0 aromatic heterocycles. The minimum absolute atomic E-state index is 0.119. The van der Waals surface area contributed by atoms with Gasteiger partial charge in [-0.05, 0) is 13.1 Å². The van der Waals surface area contributed by atoms with Crippen LogP contribution >= 0.6 is 11.6 Å². The lowest BCUT2D eigenvalue weighted by atomic mass is 10.2. The molecule has 0 amide bonds. The number of hydrogen-bond donors (Lipinski definition) is 2. The Morgan fingerprint density at radius 2 is 2.10 bits per heavy atom. The smallest absolute Gasteiger partial charge is 0.138 e. The topological polar surface area (TPSA) is 56.2 Å². The van der Waals surface area contributed by atoms with E-state index >= 15 is 0 Å². The number of morpholine rings is 1. The summed E-state index contributed by atoms with van der Waals surface area (Å²) in [6.45, 7) is 4.95. The SMILES string of the molecule is CN(Cc1cccc(Cl)c1O)CC(O)CN1CCOCC1. The number of para-hydroxylation sites is 1. The maximum atomic E-state index is 10.2. The van der Waals surface area contributed by atoms with Crippen molar-refractivity contribution in [2.45, 2.75) is 12.6 Å². The molecule has 0 radical (unpaired) electrons. The van der Waals surface area contributed by atoms with Crippen LogP contribution in [0.25, 0.3) is 0 Å². The van der Waals surface area contributed by atoms with E-state index in [0.717, 1.165) is 31.9 Å². The molecule has 2 N–H and O–H groups in total. The van der Waals surface area contributed by atoms with Gasteiger partial charge in [-0.2, -0.15) is 0 Å². The fourth-order valence-electron chi connectivity index (χ4n) is 2.54. The van der Waals surface area contributed by atoms with Gasteiger partial charge in [0.2, 0.25) is 0 Å². The fraction of sp³-hybridized carbons (Fsp3) is 0.600. The fourth-order valence-corrected chi connectivity index (χ4v) is 2.74. The van der Waals surface area contributed by atoms with Gasteiger partial charge in [-0.15, -0.1) is 0 Å². The molecule has 118 valence electrons. The number of aromatic hydroxyl groups is 1. The molecule has 1 unspecified atom stereocenters. The molecule has 1 aliphatic heterocycles. The van der Waals surface area contributed by atoms with E-state index in [-0.39, 0.29) is 5.75 Å². The third kappa shape index (κ3) is 5.13. The van der Waals surface area contributed by atoms with Gasteiger partial charge in [-0.3, -0.25) is 9.80 Å². The Bertz CT molecular complexity index is 453. The second kappa shape index (κ2) is 7.96. The standard InChI is InChI=1S/C15H23ClN2O3/c1-17(9-12-3-2-4-14(16)15(12)20)10-13(19)11-18-5-7-21-8-6-18/h2-4,13,19-20H,5-11H2,1H3. The molecule has 2 rings (SSSR count). The second-order valence-corrected chi connectivity index (χ2v) is 5.92. The molecule has 0 spiro atoms. The average Bonchev–Trinajstić information content (AvgIpc) is 2.44. The number of likely N-dealkylation sites (N-methyl/N-ethyl adjacent to an activating group) is 1. The van der Waals surface area contributed by atoms with Crippen LogP contribution in [0.5, 0.6) is 5.75 Å². The van der Waals surface area contributed by atoms with Gasteiger partial charge in [-0.25, -0.2) is 0 Å². The van der Waals surface area contributed by atoms with Crippen molar-refractivity contribution in [3.8, 4) is 5.75 Å². The van der Waals surface area contributed by atoms with Gasteiger partial charge in [0.1, 0.15) is 5.75 Å². The van der Waals surface area contributed by atoms with Crippen LogP contribution in [-0.4, -0.2) is 72.6 Å². The Morgan fingerprint density at radius 1 is 1.38 bits per heavy atom. The monoisotopic (exact) mass is 314 g/mol. The van der Waals surface area contributed by atoms with Gasteiger partial charge in [0, 0.05) is 38.3 Å². The number of phenolic OH excluding ortho intramolecular Hbond substituents is 1. The van der Waals surface area contributed by atoms with Gasteiger partial charge < -0.3 is 14.9 Å². The molecule has 0 aliphatic carbocycles. The summed E-state index contributed by atoms with van der Waals surface area (Å²) < 4.78 is 5.29. The van der Waals surface area contributed by atoms with Crippen molar-refractivity contribution in [1.82, 2.24) is 9.80 Å². The van der Waals surface area contributed by atoms with Crippen molar-refractivity contribution >= 4 is 11.6 Å². The van der Waals surface area contributed by atoms with Gasteiger partial charge in [0.05, 0.1) is 24.3 Å². The second-order valence-electron chi connectivity index (χ2n) is 5.51. The number of ether oxygens (including phenoxy) is 1. The minimum atomic E-state index is -0.422. The molecular weight excluding hydrogens is 292 g/mol. The molecule has 1 heterocycles. The van der Waals surface area contributed by atoms with E-state index in [9.17, 15) is 10.2 Å². The Labute approximate surface area is 130 Å². The Balaban J connectivity index is 1.80. The predicted molar refractivity (Wildman–Crippen MR) is 82.7 cm³/mol. The molecule has 6 heteroatoms.